The summed E-state index contributed by atoms with van der Waals surface area (Å²) in [5, 5.41) is 4.48. The van der Waals surface area contributed by atoms with Crippen LogP contribution in [0.3, 0.4) is 0 Å². The number of ether oxygens (including phenoxy) is 1. The first kappa shape index (κ1) is 22.0. The summed E-state index contributed by atoms with van der Waals surface area (Å²) < 4.78 is 34.3. The molecule has 0 saturated carbocycles. The molecule has 164 valence electrons. The fraction of sp³-hybridized carbons (Fsp3) is 0.136. The van der Waals surface area contributed by atoms with Gasteiger partial charge in [-0.2, -0.15) is 0 Å². The summed E-state index contributed by atoms with van der Waals surface area (Å²) in [6.45, 7) is 0.256. The van der Waals surface area contributed by atoms with Crippen LogP contribution in [0.25, 0.3) is 10.2 Å². The van der Waals surface area contributed by atoms with Crippen LogP contribution in [-0.2, 0) is 11.3 Å². The number of rotatable bonds is 7. The zero-order chi connectivity index (χ0) is 22.7. The molecule has 0 fully saturated rings. The molecule has 0 radical (unpaired) electrons. The topological polar surface area (TPSA) is 73.2 Å². The van der Waals surface area contributed by atoms with Crippen molar-refractivity contribution >= 4 is 44.9 Å². The molecule has 0 saturated heterocycles. The highest BCUT2D eigenvalue weighted by Gasteiger charge is 2.16. The van der Waals surface area contributed by atoms with Crippen molar-refractivity contribution in [2.45, 2.75) is 11.7 Å². The molecule has 2 aromatic heterocycles. The number of benzene rings is 2. The van der Waals surface area contributed by atoms with Gasteiger partial charge in [0.15, 0.2) is 5.16 Å². The van der Waals surface area contributed by atoms with E-state index in [1.54, 1.807) is 30.7 Å². The molecule has 2 heterocycles. The first-order valence-corrected chi connectivity index (χ1v) is 11.3. The van der Waals surface area contributed by atoms with Crippen LogP contribution < -0.4 is 15.6 Å². The van der Waals surface area contributed by atoms with E-state index in [0.29, 0.717) is 21.1 Å². The second-order valence-corrected chi connectivity index (χ2v) is 8.59. The Balaban J connectivity index is 1.58. The lowest BCUT2D eigenvalue weighted by molar-refractivity contribution is -0.113. The molecular weight excluding hydrogens is 456 g/mol. The quantitative estimate of drug-likeness (QED) is 0.316. The van der Waals surface area contributed by atoms with Crippen LogP contribution in [0.4, 0.5) is 14.5 Å². The second-order valence-electron chi connectivity index (χ2n) is 6.73. The second kappa shape index (κ2) is 9.49. The summed E-state index contributed by atoms with van der Waals surface area (Å²) in [5.41, 5.74) is 0.955. The lowest BCUT2D eigenvalue weighted by Crippen LogP contribution is -2.24. The highest BCUT2D eigenvalue weighted by atomic mass is 32.2. The van der Waals surface area contributed by atoms with Crippen molar-refractivity contribution in [1.82, 2.24) is 9.55 Å². The van der Waals surface area contributed by atoms with Gasteiger partial charge in [-0.3, -0.25) is 14.2 Å². The van der Waals surface area contributed by atoms with Gasteiger partial charge in [0.2, 0.25) is 5.91 Å². The number of halogens is 2. The average molecular weight is 474 g/mol. The Hall–Kier alpha value is -3.24. The van der Waals surface area contributed by atoms with Crippen LogP contribution in [0.5, 0.6) is 5.75 Å². The van der Waals surface area contributed by atoms with Gasteiger partial charge in [0.05, 0.1) is 30.6 Å². The summed E-state index contributed by atoms with van der Waals surface area (Å²) in [6.07, 6.45) is 0. The number of aromatic nitrogens is 2. The van der Waals surface area contributed by atoms with Crippen molar-refractivity contribution in [3.05, 3.63) is 81.5 Å². The van der Waals surface area contributed by atoms with Gasteiger partial charge >= 0.3 is 0 Å². The van der Waals surface area contributed by atoms with E-state index in [9.17, 15) is 18.4 Å². The summed E-state index contributed by atoms with van der Waals surface area (Å²) in [7, 11) is 1.57. The molecular formula is C22H17F2N3O3S2. The SMILES string of the molecule is COc1ccc(Cn2c(SCC(=O)Nc3cc(F)ccc3F)nc3ccsc3c2=O)cc1. The first-order valence-electron chi connectivity index (χ1n) is 9.43. The standard InChI is InChI=1S/C22H17F2N3O3S2/c1-30-15-5-2-13(3-6-15)11-27-21(29)20-17(8-9-31-20)26-22(27)32-12-19(28)25-18-10-14(23)4-7-16(18)24/h2-10H,11-12H2,1H3,(H,25,28). The molecule has 1 N–H and O–H groups in total. The number of thioether (sulfide) groups is 1. The van der Waals surface area contributed by atoms with E-state index in [2.05, 4.69) is 10.3 Å². The molecule has 2 aromatic carbocycles. The fourth-order valence-electron chi connectivity index (χ4n) is 3.00. The number of anilines is 1. The van der Waals surface area contributed by atoms with Gasteiger partial charge in [0.1, 0.15) is 22.1 Å². The summed E-state index contributed by atoms with van der Waals surface area (Å²) >= 11 is 2.35. The lowest BCUT2D eigenvalue weighted by atomic mass is 10.2. The third-order valence-electron chi connectivity index (χ3n) is 4.57. The number of hydrogen-bond donors (Lipinski definition) is 1. The number of methoxy groups -OCH3 is 1. The number of hydrogen-bond acceptors (Lipinski definition) is 6. The van der Waals surface area contributed by atoms with Gasteiger partial charge in [-0.1, -0.05) is 23.9 Å². The number of nitrogens with zero attached hydrogens (tertiary/aromatic N) is 2. The largest absolute Gasteiger partial charge is 0.497 e. The van der Waals surface area contributed by atoms with E-state index in [1.165, 1.54) is 15.9 Å². The summed E-state index contributed by atoms with van der Waals surface area (Å²) in [4.78, 5) is 29.9. The Bertz CT molecular complexity index is 1340. The van der Waals surface area contributed by atoms with Crippen LogP contribution >= 0.6 is 23.1 Å². The first-order chi connectivity index (χ1) is 15.4. The van der Waals surface area contributed by atoms with Crippen LogP contribution in [0.1, 0.15) is 5.56 Å². The maximum absolute atomic E-state index is 13.8. The molecule has 0 aliphatic rings. The maximum Gasteiger partial charge on any atom is 0.272 e. The minimum atomic E-state index is -0.737. The van der Waals surface area contributed by atoms with E-state index < -0.39 is 17.5 Å². The number of thiophene rings is 1. The minimum Gasteiger partial charge on any atom is -0.497 e. The normalized spacial score (nSPS) is 11.0. The number of amides is 1. The molecule has 0 atom stereocenters. The number of carbonyl (C=O) groups excluding carboxylic acids is 1. The fourth-order valence-corrected chi connectivity index (χ4v) is 4.57. The lowest BCUT2D eigenvalue weighted by Gasteiger charge is -2.13. The molecule has 1 amide bonds. The highest BCUT2D eigenvalue weighted by Crippen LogP contribution is 2.23. The van der Waals surface area contributed by atoms with Crippen molar-refractivity contribution in [1.29, 1.82) is 0 Å². The zero-order valence-corrected chi connectivity index (χ0v) is 18.4. The van der Waals surface area contributed by atoms with Gasteiger partial charge < -0.3 is 10.1 Å². The summed E-state index contributed by atoms with van der Waals surface area (Å²) in [6, 6.07) is 11.8. The molecule has 4 rings (SSSR count). The average Bonchev–Trinajstić information content (AvgIpc) is 3.26. The molecule has 10 heteroatoms. The van der Waals surface area contributed by atoms with E-state index >= 15 is 0 Å². The predicted octanol–water partition coefficient (Wildman–Crippen LogP) is 4.52. The van der Waals surface area contributed by atoms with Gasteiger partial charge in [0, 0.05) is 6.07 Å². The Labute approximate surface area is 189 Å². The van der Waals surface area contributed by atoms with E-state index in [0.717, 1.165) is 35.5 Å². The van der Waals surface area contributed by atoms with Crippen molar-refractivity contribution < 1.29 is 18.3 Å². The molecule has 4 aromatic rings. The molecule has 0 spiro atoms. The van der Waals surface area contributed by atoms with Crippen molar-refractivity contribution in [3.63, 3.8) is 0 Å². The van der Waals surface area contributed by atoms with Crippen LogP contribution in [0, 0.1) is 11.6 Å². The molecule has 0 unspecified atom stereocenters. The Morgan fingerprint density at radius 1 is 1.19 bits per heavy atom. The van der Waals surface area contributed by atoms with Crippen molar-refractivity contribution in [2.24, 2.45) is 0 Å². The van der Waals surface area contributed by atoms with Gasteiger partial charge in [-0.25, -0.2) is 13.8 Å². The van der Waals surface area contributed by atoms with E-state index in [4.69, 9.17) is 4.74 Å². The zero-order valence-electron chi connectivity index (χ0n) is 16.8. The third kappa shape index (κ3) is 4.81. The van der Waals surface area contributed by atoms with E-state index in [-0.39, 0.29) is 23.5 Å². The van der Waals surface area contributed by atoms with E-state index in [1.807, 2.05) is 12.1 Å². The molecule has 0 aliphatic heterocycles. The number of fused-ring (bicyclic) bond motifs is 1. The van der Waals surface area contributed by atoms with Crippen LogP contribution in [0.2, 0.25) is 0 Å². The van der Waals surface area contributed by atoms with Crippen molar-refractivity contribution in [2.75, 3.05) is 18.2 Å². The number of carbonyl (C=O) groups is 1. The third-order valence-corrected chi connectivity index (χ3v) is 6.43. The summed E-state index contributed by atoms with van der Waals surface area (Å²) in [5.74, 6) is -1.38. The Kier molecular flexibility index (Phi) is 6.52. The smallest absolute Gasteiger partial charge is 0.272 e. The number of nitrogens with one attached hydrogen (secondary N) is 1. The molecule has 32 heavy (non-hydrogen) atoms. The van der Waals surface area contributed by atoms with Crippen molar-refractivity contribution in [3.8, 4) is 5.75 Å². The van der Waals surface area contributed by atoms with Gasteiger partial charge in [0.25, 0.3) is 5.56 Å². The minimum absolute atomic E-state index is 0.138. The maximum atomic E-state index is 13.8. The van der Waals surface area contributed by atoms with Crippen LogP contribution in [-0.4, -0.2) is 28.3 Å². The molecule has 0 aliphatic carbocycles. The Morgan fingerprint density at radius 3 is 2.72 bits per heavy atom. The predicted molar refractivity (Wildman–Crippen MR) is 122 cm³/mol. The molecule has 6 nitrogen and oxygen atoms in total. The Morgan fingerprint density at radius 2 is 1.97 bits per heavy atom. The monoisotopic (exact) mass is 473 g/mol. The van der Waals surface area contributed by atoms with Gasteiger partial charge in [-0.05, 0) is 41.3 Å². The van der Waals surface area contributed by atoms with Gasteiger partial charge in [-0.15, -0.1) is 11.3 Å². The molecule has 0 bridgehead atoms. The highest BCUT2D eigenvalue weighted by molar-refractivity contribution is 7.99. The van der Waals surface area contributed by atoms with Crippen LogP contribution in [0.15, 0.2) is 63.9 Å².